The van der Waals surface area contributed by atoms with Gasteiger partial charge in [-0.15, -0.1) is 0 Å². The van der Waals surface area contributed by atoms with Gasteiger partial charge >= 0.3 is 0 Å². The zero-order chi connectivity index (χ0) is 17.7. The maximum Gasteiger partial charge on any atom is 0.298 e. The lowest BCUT2D eigenvalue weighted by molar-refractivity contribution is 0.0509. The van der Waals surface area contributed by atoms with Crippen LogP contribution in [0.4, 0.5) is 0 Å². The molecule has 130 valence electrons. The molecule has 0 N–H and O–H groups in total. The van der Waals surface area contributed by atoms with Gasteiger partial charge in [0.25, 0.3) is 6.01 Å². The van der Waals surface area contributed by atoms with Gasteiger partial charge in [-0.05, 0) is 42.2 Å². The van der Waals surface area contributed by atoms with Crippen LogP contribution in [0.3, 0.4) is 0 Å². The summed E-state index contributed by atoms with van der Waals surface area (Å²) < 4.78 is 14.2. The number of nitrogens with zero attached hydrogens (tertiary/aromatic N) is 2. The molecule has 2 heterocycles. The van der Waals surface area contributed by atoms with Gasteiger partial charge in [0, 0.05) is 0 Å². The van der Waals surface area contributed by atoms with E-state index in [9.17, 15) is 0 Å². The maximum atomic E-state index is 6.11. The third-order valence-corrected chi connectivity index (χ3v) is 4.71. The molecule has 1 aliphatic rings. The molecule has 4 nitrogen and oxygen atoms in total. The molecule has 0 saturated heterocycles. The summed E-state index contributed by atoms with van der Waals surface area (Å²) in [7, 11) is 0. The number of ether oxygens (including phenoxy) is 2. The topological polar surface area (TPSA) is 36.3 Å². The van der Waals surface area contributed by atoms with Crippen molar-refractivity contribution in [3.05, 3.63) is 54.1 Å². The molecule has 0 fully saturated rings. The fourth-order valence-corrected chi connectivity index (χ4v) is 3.23. The van der Waals surface area contributed by atoms with Crippen LogP contribution in [0.1, 0.15) is 33.3 Å². The van der Waals surface area contributed by atoms with Crippen LogP contribution in [-0.4, -0.2) is 21.8 Å². The highest BCUT2D eigenvalue weighted by Gasteiger charge is 2.38. The molecule has 4 rings (SSSR count). The summed E-state index contributed by atoms with van der Waals surface area (Å²) >= 11 is 0. The summed E-state index contributed by atoms with van der Waals surface area (Å²) in [5.41, 5.74) is 3.12. The molecule has 1 aliphatic heterocycles. The molecule has 0 bridgehead atoms. The Morgan fingerprint density at radius 3 is 2.56 bits per heavy atom. The van der Waals surface area contributed by atoms with Crippen LogP contribution in [0.25, 0.3) is 11.0 Å². The second-order valence-corrected chi connectivity index (χ2v) is 8.08. The highest BCUT2D eigenvalue weighted by Crippen LogP contribution is 2.33. The van der Waals surface area contributed by atoms with Gasteiger partial charge < -0.3 is 9.47 Å². The number of hydrogen-bond donors (Lipinski definition) is 0. The third-order valence-electron chi connectivity index (χ3n) is 4.71. The molecule has 0 saturated carbocycles. The zero-order valence-corrected chi connectivity index (χ0v) is 15.2. The number of para-hydroxylation sites is 2. The van der Waals surface area contributed by atoms with Crippen LogP contribution in [0.15, 0.2) is 48.5 Å². The second-order valence-electron chi connectivity index (χ2n) is 8.08. The van der Waals surface area contributed by atoms with Crippen molar-refractivity contribution in [1.29, 1.82) is 0 Å². The molecule has 0 radical (unpaired) electrons. The molecular weight excluding hydrogens is 312 g/mol. The molecular formula is C21H24N2O2. The first kappa shape index (κ1) is 16.0. The van der Waals surface area contributed by atoms with Crippen molar-refractivity contribution in [2.24, 2.45) is 0 Å². The Hall–Kier alpha value is -2.49. The van der Waals surface area contributed by atoms with Crippen molar-refractivity contribution in [3.8, 4) is 11.8 Å². The van der Waals surface area contributed by atoms with Gasteiger partial charge in [0.15, 0.2) is 5.60 Å². The molecule has 1 aromatic heterocycles. The summed E-state index contributed by atoms with van der Waals surface area (Å²) in [6.45, 7) is 9.93. The Morgan fingerprint density at radius 1 is 1.12 bits per heavy atom. The maximum absolute atomic E-state index is 6.11. The first-order valence-corrected chi connectivity index (χ1v) is 8.72. The molecule has 0 spiro atoms. The van der Waals surface area contributed by atoms with Crippen molar-refractivity contribution in [3.63, 3.8) is 0 Å². The van der Waals surface area contributed by atoms with Crippen LogP contribution >= 0.6 is 0 Å². The third kappa shape index (κ3) is 2.97. The highest BCUT2D eigenvalue weighted by atomic mass is 16.6. The number of fused-ring (bicyclic) bond motifs is 3. The van der Waals surface area contributed by atoms with Gasteiger partial charge in [0.2, 0.25) is 0 Å². The number of rotatable bonds is 3. The smallest absolute Gasteiger partial charge is 0.298 e. The average molecular weight is 336 g/mol. The summed E-state index contributed by atoms with van der Waals surface area (Å²) in [5, 5.41) is 0. The van der Waals surface area contributed by atoms with Gasteiger partial charge in [-0.2, -0.15) is 4.98 Å². The summed E-state index contributed by atoms with van der Waals surface area (Å²) in [6.07, 6.45) is 0. The summed E-state index contributed by atoms with van der Waals surface area (Å²) in [6, 6.07) is 17.1. The Bertz CT molecular complexity index is 906. The highest BCUT2D eigenvalue weighted by molar-refractivity contribution is 5.77. The normalized spacial score (nSPS) is 19.7. The fourth-order valence-electron chi connectivity index (χ4n) is 3.23. The van der Waals surface area contributed by atoms with Crippen LogP contribution in [0, 0.1) is 0 Å². The Morgan fingerprint density at radius 2 is 1.84 bits per heavy atom. The Labute approximate surface area is 148 Å². The van der Waals surface area contributed by atoms with Crippen LogP contribution in [0.5, 0.6) is 11.8 Å². The van der Waals surface area contributed by atoms with E-state index in [1.165, 1.54) is 5.56 Å². The molecule has 3 aromatic rings. The minimum absolute atomic E-state index is 0.148. The predicted molar refractivity (Wildman–Crippen MR) is 99.4 cm³/mol. The minimum Gasteiger partial charge on any atom is -0.489 e. The van der Waals surface area contributed by atoms with E-state index in [-0.39, 0.29) is 5.41 Å². The summed E-state index contributed by atoms with van der Waals surface area (Å²) in [4.78, 5) is 4.57. The van der Waals surface area contributed by atoms with Crippen molar-refractivity contribution < 1.29 is 9.47 Å². The molecule has 2 aromatic carbocycles. The van der Waals surface area contributed by atoms with Gasteiger partial charge in [0.05, 0.1) is 17.6 Å². The fraction of sp³-hybridized carbons (Fsp3) is 0.381. The Balaban J connectivity index is 1.46. The van der Waals surface area contributed by atoms with Crippen molar-refractivity contribution in [1.82, 2.24) is 9.55 Å². The van der Waals surface area contributed by atoms with E-state index >= 15 is 0 Å². The van der Waals surface area contributed by atoms with E-state index in [4.69, 9.17) is 9.47 Å². The molecule has 25 heavy (non-hydrogen) atoms. The number of imidazole rings is 1. The van der Waals surface area contributed by atoms with Crippen LogP contribution in [-0.2, 0) is 12.0 Å². The lowest BCUT2D eigenvalue weighted by Gasteiger charge is -2.23. The van der Waals surface area contributed by atoms with E-state index in [2.05, 4.69) is 55.4 Å². The standard InChI is InChI=1S/C21H24N2O2/c1-20(2,3)15-9-11-16(12-10-15)24-14-21(4)13-23-18-8-6-5-7-17(18)22-19(23)25-21/h5-12H,13-14H2,1-4H3. The largest absolute Gasteiger partial charge is 0.489 e. The van der Waals surface area contributed by atoms with E-state index < -0.39 is 5.60 Å². The van der Waals surface area contributed by atoms with Crippen molar-refractivity contribution >= 4 is 11.0 Å². The first-order chi connectivity index (χ1) is 11.8. The SMILES string of the molecule is CC1(COc2ccc(C(C)(C)C)cc2)Cn2c(nc3ccccc32)O1. The Kier molecular flexibility index (Phi) is 3.53. The number of aromatic nitrogens is 2. The van der Waals surface area contributed by atoms with Crippen molar-refractivity contribution in [2.45, 2.75) is 45.3 Å². The number of benzene rings is 2. The van der Waals surface area contributed by atoms with Gasteiger partial charge in [0.1, 0.15) is 12.4 Å². The van der Waals surface area contributed by atoms with Crippen molar-refractivity contribution in [2.75, 3.05) is 6.61 Å². The molecule has 1 atom stereocenters. The van der Waals surface area contributed by atoms with Gasteiger partial charge in [-0.1, -0.05) is 45.0 Å². The van der Waals surface area contributed by atoms with E-state index in [1.54, 1.807) is 0 Å². The monoisotopic (exact) mass is 336 g/mol. The van der Waals surface area contributed by atoms with Crippen LogP contribution in [0.2, 0.25) is 0 Å². The molecule has 0 amide bonds. The van der Waals surface area contributed by atoms with Crippen LogP contribution < -0.4 is 9.47 Å². The lowest BCUT2D eigenvalue weighted by Crippen LogP contribution is -2.38. The van der Waals surface area contributed by atoms with E-state index in [1.807, 2.05) is 30.3 Å². The quantitative estimate of drug-likeness (QED) is 0.703. The molecule has 4 heteroatoms. The average Bonchev–Trinajstić information content (AvgIpc) is 3.06. The number of hydrogen-bond acceptors (Lipinski definition) is 3. The van der Waals surface area contributed by atoms with E-state index in [0.717, 1.165) is 23.3 Å². The molecule has 0 aliphatic carbocycles. The zero-order valence-electron chi connectivity index (χ0n) is 15.2. The summed E-state index contributed by atoms with van der Waals surface area (Å²) in [5.74, 6) is 0.868. The minimum atomic E-state index is -0.408. The van der Waals surface area contributed by atoms with E-state index in [0.29, 0.717) is 12.6 Å². The predicted octanol–water partition coefficient (Wildman–Crippen LogP) is 4.56. The second kappa shape index (κ2) is 5.51. The lowest BCUT2D eigenvalue weighted by atomic mass is 9.87. The van der Waals surface area contributed by atoms with Gasteiger partial charge in [-0.3, -0.25) is 4.57 Å². The molecule has 1 unspecified atom stereocenters. The first-order valence-electron chi connectivity index (χ1n) is 8.72. The van der Waals surface area contributed by atoms with Gasteiger partial charge in [-0.25, -0.2) is 0 Å².